The summed E-state index contributed by atoms with van der Waals surface area (Å²) >= 11 is 0. The Bertz CT molecular complexity index is 1050. The molecule has 1 aromatic heterocycles. The second-order valence-electron chi connectivity index (χ2n) is 10.9. The van der Waals surface area contributed by atoms with Gasteiger partial charge in [0.2, 0.25) is 5.91 Å². The largest absolute Gasteiger partial charge is 0.382 e. The van der Waals surface area contributed by atoms with Gasteiger partial charge in [-0.1, -0.05) is 30.7 Å². The zero-order chi connectivity index (χ0) is 22.5. The van der Waals surface area contributed by atoms with Crippen molar-refractivity contribution >= 4 is 39.6 Å². The first-order chi connectivity index (χ1) is 15.3. The van der Waals surface area contributed by atoms with Crippen molar-refractivity contribution in [2.45, 2.75) is 69.5 Å². The summed E-state index contributed by atoms with van der Waals surface area (Å²) in [5, 5.41) is 8.35. The molecule has 3 aliphatic rings. The Morgan fingerprint density at radius 1 is 1.12 bits per heavy atom. The summed E-state index contributed by atoms with van der Waals surface area (Å²) in [6.45, 7) is 4.32. The maximum Gasteiger partial charge on any atom is 0.223 e. The quantitative estimate of drug-likeness (QED) is 0.409. The number of hydrogen-bond donors (Lipinski definition) is 2. The van der Waals surface area contributed by atoms with Gasteiger partial charge in [0, 0.05) is 34.8 Å². The summed E-state index contributed by atoms with van der Waals surface area (Å²) in [5.74, 6) is 1.63. The van der Waals surface area contributed by atoms with Crippen molar-refractivity contribution in [3.8, 4) is 0 Å². The molecule has 1 amide bonds. The molecule has 2 N–H and O–H groups in total. The Morgan fingerprint density at radius 2 is 1.88 bits per heavy atom. The molecule has 168 valence electrons. The molecular formula is C26H35BN3OP. The van der Waals surface area contributed by atoms with E-state index in [-0.39, 0.29) is 11.0 Å². The predicted octanol–water partition coefficient (Wildman–Crippen LogP) is 4.28. The summed E-state index contributed by atoms with van der Waals surface area (Å²) in [7, 11) is 5.10. The van der Waals surface area contributed by atoms with Crippen LogP contribution in [0.1, 0.15) is 56.7 Å². The van der Waals surface area contributed by atoms with Crippen LogP contribution in [0.3, 0.4) is 0 Å². The highest BCUT2D eigenvalue weighted by molar-refractivity contribution is 7.21. The molecule has 0 radical (unpaired) electrons. The summed E-state index contributed by atoms with van der Waals surface area (Å²) in [6.07, 6.45) is 11.1. The number of anilines is 1. The number of amides is 1. The monoisotopic (exact) mass is 447 g/mol. The molecule has 2 fully saturated rings. The molecule has 0 aliphatic heterocycles. The fourth-order valence-electron chi connectivity index (χ4n) is 5.78. The lowest BCUT2D eigenvalue weighted by Gasteiger charge is -2.32. The van der Waals surface area contributed by atoms with Crippen LogP contribution in [0.2, 0.25) is 0 Å². The van der Waals surface area contributed by atoms with Gasteiger partial charge in [0.05, 0.1) is 5.52 Å². The minimum Gasteiger partial charge on any atom is -0.382 e. The van der Waals surface area contributed by atoms with Gasteiger partial charge < -0.3 is 10.6 Å². The smallest absolute Gasteiger partial charge is 0.223 e. The molecule has 0 spiro atoms. The van der Waals surface area contributed by atoms with Gasteiger partial charge in [0.25, 0.3) is 0 Å². The standard InChI is InChI=1S/C26H35BN3OP/c1-15-3-10-22-21(11-15)23(14-24(30-22)26(2,27)32)28-18-6-8-19(9-7-18)29-25(31)20-13-16-4-5-17(20)12-16/h3-5,10-11,14,16-20H,6-9,12-13,27,32H2,1-2H3,(H,28,30)(H,29,31)/t16?,17?,18-,19+,20?,26?. The molecule has 1 aromatic carbocycles. The van der Waals surface area contributed by atoms with Gasteiger partial charge in [-0.25, -0.2) is 0 Å². The van der Waals surface area contributed by atoms with E-state index < -0.39 is 0 Å². The molecule has 2 bridgehead atoms. The van der Waals surface area contributed by atoms with Crippen molar-refractivity contribution < 1.29 is 4.79 Å². The van der Waals surface area contributed by atoms with Crippen LogP contribution >= 0.6 is 9.24 Å². The zero-order valence-electron chi connectivity index (χ0n) is 19.5. The average Bonchev–Trinajstić information content (AvgIpc) is 3.38. The van der Waals surface area contributed by atoms with E-state index in [4.69, 9.17) is 4.98 Å². The Kier molecular flexibility index (Phi) is 5.82. The molecule has 0 saturated heterocycles. The first-order valence-electron chi connectivity index (χ1n) is 12.2. The van der Waals surface area contributed by atoms with Gasteiger partial charge >= 0.3 is 0 Å². The highest BCUT2D eigenvalue weighted by Gasteiger charge is 2.40. The maximum absolute atomic E-state index is 12.8. The van der Waals surface area contributed by atoms with Gasteiger partial charge in [-0.05, 0) is 80.5 Å². The minimum atomic E-state index is -0.0771. The van der Waals surface area contributed by atoms with Crippen molar-refractivity contribution in [1.29, 1.82) is 0 Å². The van der Waals surface area contributed by atoms with Crippen LogP contribution in [-0.2, 0) is 9.85 Å². The Labute approximate surface area is 195 Å². The van der Waals surface area contributed by atoms with Crippen molar-refractivity contribution in [2.24, 2.45) is 17.8 Å². The van der Waals surface area contributed by atoms with Gasteiger partial charge in [-0.15, -0.1) is 9.24 Å². The Hall–Kier alpha value is -1.87. The first kappa shape index (κ1) is 22.0. The lowest BCUT2D eigenvalue weighted by Crippen LogP contribution is -2.43. The average molecular weight is 447 g/mol. The van der Waals surface area contributed by atoms with E-state index in [2.05, 4.69) is 78.0 Å². The van der Waals surface area contributed by atoms with Crippen LogP contribution in [0.5, 0.6) is 0 Å². The topological polar surface area (TPSA) is 54.0 Å². The third-order valence-electron chi connectivity index (χ3n) is 7.67. The third kappa shape index (κ3) is 4.46. The lowest BCUT2D eigenvalue weighted by molar-refractivity contribution is -0.126. The van der Waals surface area contributed by atoms with Gasteiger partial charge in [-0.2, -0.15) is 0 Å². The second-order valence-corrected chi connectivity index (χ2v) is 12.3. The van der Waals surface area contributed by atoms with Gasteiger partial charge in [-0.3, -0.25) is 9.78 Å². The van der Waals surface area contributed by atoms with Crippen molar-refractivity contribution in [2.75, 3.05) is 5.32 Å². The number of allylic oxidation sites excluding steroid dienone is 2. The summed E-state index contributed by atoms with van der Waals surface area (Å²) in [5.41, 5.74) is 4.57. The minimum absolute atomic E-state index is 0.0771. The second kappa shape index (κ2) is 8.48. The zero-order valence-corrected chi connectivity index (χ0v) is 20.7. The molecule has 2 aromatic rings. The fraction of sp³-hybridized carbons (Fsp3) is 0.538. The molecule has 6 heteroatoms. The molecule has 5 unspecified atom stereocenters. The maximum atomic E-state index is 12.8. The Balaban J connectivity index is 1.24. The van der Waals surface area contributed by atoms with E-state index in [9.17, 15) is 4.79 Å². The molecule has 1 heterocycles. The van der Waals surface area contributed by atoms with Gasteiger partial charge in [0.1, 0.15) is 7.85 Å². The highest BCUT2D eigenvalue weighted by Crippen LogP contribution is 2.43. The molecule has 5 atom stereocenters. The summed E-state index contributed by atoms with van der Waals surface area (Å²) in [4.78, 5) is 17.7. The number of nitrogens with one attached hydrogen (secondary N) is 2. The summed E-state index contributed by atoms with van der Waals surface area (Å²) < 4.78 is 0. The molecule has 2 saturated carbocycles. The number of rotatable bonds is 5. The van der Waals surface area contributed by atoms with E-state index in [1.165, 1.54) is 23.1 Å². The highest BCUT2D eigenvalue weighted by atomic mass is 31.0. The summed E-state index contributed by atoms with van der Waals surface area (Å²) in [6, 6.07) is 9.48. The van der Waals surface area contributed by atoms with Crippen LogP contribution in [-0.4, -0.2) is 30.8 Å². The molecule has 3 aliphatic carbocycles. The SMILES string of the molecule is BC(C)(P)c1cc(N[C@H]2CC[C@@H](NC(=O)C3CC4C=CC3C4)CC2)c2cc(C)ccc2n1. The first-order valence-corrected chi connectivity index (χ1v) is 12.8. The molecular weight excluding hydrogens is 412 g/mol. The number of carbonyl (C=O) groups excluding carboxylic acids is 1. The number of nitrogens with zero attached hydrogens (tertiary/aromatic N) is 1. The van der Waals surface area contributed by atoms with E-state index in [0.717, 1.165) is 43.3 Å². The van der Waals surface area contributed by atoms with Crippen LogP contribution in [0, 0.1) is 24.7 Å². The molecule has 5 rings (SSSR count). The van der Waals surface area contributed by atoms with Crippen LogP contribution in [0.4, 0.5) is 5.69 Å². The number of aromatic nitrogens is 1. The lowest BCUT2D eigenvalue weighted by atomic mass is 9.84. The molecule has 32 heavy (non-hydrogen) atoms. The van der Waals surface area contributed by atoms with Crippen LogP contribution in [0.15, 0.2) is 36.4 Å². The Morgan fingerprint density at radius 3 is 2.53 bits per heavy atom. The van der Waals surface area contributed by atoms with Crippen molar-refractivity contribution in [1.82, 2.24) is 10.3 Å². The van der Waals surface area contributed by atoms with E-state index in [0.29, 0.717) is 29.8 Å². The fourth-order valence-corrected chi connectivity index (χ4v) is 5.93. The third-order valence-corrected chi connectivity index (χ3v) is 7.97. The number of carbonyl (C=O) groups is 1. The van der Waals surface area contributed by atoms with Crippen LogP contribution < -0.4 is 10.6 Å². The normalized spacial score (nSPS) is 30.9. The van der Waals surface area contributed by atoms with E-state index >= 15 is 0 Å². The van der Waals surface area contributed by atoms with Crippen molar-refractivity contribution in [3.05, 3.63) is 47.7 Å². The number of fused-ring (bicyclic) bond motifs is 3. The number of benzene rings is 1. The number of aryl methyl sites for hydroxylation is 1. The van der Waals surface area contributed by atoms with E-state index in [1.54, 1.807) is 0 Å². The van der Waals surface area contributed by atoms with E-state index in [1.807, 2.05) is 0 Å². The van der Waals surface area contributed by atoms with Gasteiger partial charge in [0.15, 0.2) is 0 Å². The predicted molar refractivity (Wildman–Crippen MR) is 139 cm³/mol. The van der Waals surface area contributed by atoms with Crippen LogP contribution in [0.25, 0.3) is 10.9 Å². The van der Waals surface area contributed by atoms with Crippen molar-refractivity contribution in [3.63, 3.8) is 0 Å². The molecule has 4 nitrogen and oxygen atoms in total. The number of pyridine rings is 1. The number of hydrogen-bond acceptors (Lipinski definition) is 3.